The van der Waals surface area contributed by atoms with Crippen molar-refractivity contribution in [2.75, 3.05) is 36.0 Å². The van der Waals surface area contributed by atoms with Gasteiger partial charge in [-0.25, -0.2) is 9.98 Å². The van der Waals surface area contributed by atoms with Crippen LogP contribution in [0.4, 0.5) is 11.4 Å². The molecule has 0 amide bonds. The number of benzene rings is 2. The van der Waals surface area contributed by atoms with Gasteiger partial charge < -0.3 is 20.2 Å². The molecule has 2 aliphatic rings. The van der Waals surface area contributed by atoms with Crippen LogP contribution in [0.5, 0.6) is 0 Å². The van der Waals surface area contributed by atoms with E-state index in [1.54, 1.807) is 58.3 Å². The Hall–Kier alpha value is -4.49. The number of amidine groups is 4. The number of ketones is 1. The predicted octanol–water partition coefficient (Wildman–Crippen LogP) is 0.888. The van der Waals surface area contributed by atoms with Gasteiger partial charge in [-0.05, 0) is 24.3 Å². The van der Waals surface area contributed by atoms with Gasteiger partial charge in [-0.15, -0.1) is 0 Å². The Balaban J connectivity index is 1.71. The minimum atomic E-state index is -0.279. The summed E-state index contributed by atoms with van der Waals surface area (Å²) >= 11 is 0. The molecule has 0 aromatic heterocycles. The number of nitrogens with zero attached hydrogens (tertiary/aromatic N) is 6. The number of aliphatic imine (C=N–C) groups is 2. The number of rotatable bonds is 4. The summed E-state index contributed by atoms with van der Waals surface area (Å²) in [6.07, 6.45) is 0. The molecule has 0 bridgehead atoms. The molecule has 2 aliphatic heterocycles. The molecule has 0 saturated carbocycles. The Bertz CT molecular complexity index is 1120. The fourth-order valence-corrected chi connectivity index (χ4v) is 3.87. The molecule has 34 heavy (non-hydrogen) atoms. The first-order valence-electron chi connectivity index (χ1n) is 10.2. The van der Waals surface area contributed by atoms with E-state index in [1.807, 2.05) is 11.0 Å². The van der Waals surface area contributed by atoms with Crippen molar-refractivity contribution in [3.63, 3.8) is 0 Å². The average Bonchev–Trinajstić information content (AvgIpc) is 2.91. The minimum absolute atomic E-state index is 0.0675. The van der Waals surface area contributed by atoms with E-state index in [0.717, 1.165) is 0 Å². The molecular formula is C21H22N8O5. The number of hydrogen-bond acceptors (Lipinski definition) is 11. The molecule has 6 N–H and O–H groups in total. The maximum Gasteiger partial charge on any atom is 0.197 e. The van der Waals surface area contributed by atoms with Crippen molar-refractivity contribution >= 4 is 40.5 Å². The molecule has 176 valence electrons. The first-order valence-corrected chi connectivity index (χ1v) is 10.2. The molecule has 2 heterocycles. The molecule has 0 fully saturated rings. The summed E-state index contributed by atoms with van der Waals surface area (Å²) in [5, 5.41) is 43.3. The molecule has 0 spiro atoms. The minimum Gasteiger partial charge on any atom is -0.409 e. The van der Waals surface area contributed by atoms with Gasteiger partial charge in [0.1, 0.15) is 11.7 Å². The second-order valence-electron chi connectivity index (χ2n) is 7.45. The number of hydroxylamine groups is 2. The van der Waals surface area contributed by atoms with Crippen LogP contribution in [0.2, 0.25) is 0 Å². The zero-order valence-corrected chi connectivity index (χ0v) is 17.8. The Labute approximate surface area is 193 Å². The molecule has 2 aromatic carbocycles. The molecule has 13 heteroatoms. The van der Waals surface area contributed by atoms with Crippen LogP contribution in [-0.2, 0) is 0 Å². The first kappa shape index (κ1) is 22.7. The van der Waals surface area contributed by atoms with Crippen molar-refractivity contribution in [1.29, 1.82) is 0 Å². The zero-order chi connectivity index (χ0) is 24.1. The second kappa shape index (κ2) is 9.97. The topological polar surface area (TPSA) is 178 Å². The summed E-state index contributed by atoms with van der Waals surface area (Å²) in [4.78, 5) is 25.2. The third kappa shape index (κ3) is 4.51. The van der Waals surface area contributed by atoms with Gasteiger partial charge in [0.2, 0.25) is 0 Å². The van der Waals surface area contributed by atoms with Crippen LogP contribution in [0.1, 0.15) is 15.9 Å². The van der Waals surface area contributed by atoms with E-state index >= 15 is 0 Å². The van der Waals surface area contributed by atoms with E-state index < -0.39 is 0 Å². The van der Waals surface area contributed by atoms with Crippen molar-refractivity contribution in [2.45, 2.75) is 0 Å². The van der Waals surface area contributed by atoms with Gasteiger partial charge in [0.25, 0.3) is 0 Å². The Kier molecular flexibility index (Phi) is 6.66. The van der Waals surface area contributed by atoms with Crippen LogP contribution in [0.3, 0.4) is 0 Å². The fourth-order valence-electron chi connectivity index (χ4n) is 3.87. The summed E-state index contributed by atoms with van der Waals surface area (Å²) in [5.74, 6) is 0.178. The highest BCUT2D eigenvalue weighted by molar-refractivity contribution is 6.17. The molecule has 0 radical (unpaired) electrons. The molecule has 0 atom stereocenters. The highest BCUT2D eigenvalue weighted by Gasteiger charge is 2.27. The normalized spacial score (nSPS) is 18.5. The lowest BCUT2D eigenvalue weighted by Crippen LogP contribution is -2.44. The highest BCUT2D eigenvalue weighted by Crippen LogP contribution is 2.29. The van der Waals surface area contributed by atoms with Crippen molar-refractivity contribution in [3.05, 3.63) is 59.7 Å². The van der Waals surface area contributed by atoms with Gasteiger partial charge in [-0.3, -0.25) is 26.2 Å². The maximum atomic E-state index is 13.8. The summed E-state index contributed by atoms with van der Waals surface area (Å²) in [7, 11) is 0. The van der Waals surface area contributed by atoms with E-state index in [2.05, 4.69) is 20.3 Å². The molecule has 0 aliphatic carbocycles. The van der Waals surface area contributed by atoms with Crippen LogP contribution in [0, 0.1) is 0 Å². The van der Waals surface area contributed by atoms with Crippen molar-refractivity contribution < 1.29 is 25.6 Å². The van der Waals surface area contributed by atoms with Crippen LogP contribution in [0.15, 0.2) is 68.8 Å². The SMILES string of the molecule is O=C(c1ccccc1N1CC(NO)=N/C(=N/O)C1)c1ccccc1N1CC(NO)=N/C(=N/O)C1. The van der Waals surface area contributed by atoms with E-state index in [0.29, 0.717) is 22.5 Å². The lowest BCUT2D eigenvalue weighted by Gasteiger charge is -2.31. The lowest BCUT2D eigenvalue weighted by molar-refractivity contribution is 0.103. The monoisotopic (exact) mass is 466 g/mol. The van der Waals surface area contributed by atoms with Gasteiger partial charge >= 0.3 is 0 Å². The van der Waals surface area contributed by atoms with Crippen molar-refractivity contribution in [1.82, 2.24) is 11.0 Å². The van der Waals surface area contributed by atoms with E-state index in [4.69, 9.17) is 0 Å². The number of para-hydroxylation sites is 2. The zero-order valence-electron chi connectivity index (χ0n) is 17.8. The van der Waals surface area contributed by atoms with Gasteiger partial charge in [-0.1, -0.05) is 34.6 Å². The molecule has 13 nitrogen and oxygen atoms in total. The van der Waals surface area contributed by atoms with Crippen LogP contribution >= 0.6 is 0 Å². The quantitative estimate of drug-likeness (QED) is 0.217. The third-order valence-electron chi connectivity index (χ3n) is 5.34. The van der Waals surface area contributed by atoms with Crippen molar-refractivity contribution in [2.24, 2.45) is 20.3 Å². The molecule has 4 rings (SSSR count). The smallest absolute Gasteiger partial charge is 0.197 e. The van der Waals surface area contributed by atoms with E-state index in [-0.39, 0.29) is 55.3 Å². The number of oxime groups is 2. The summed E-state index contributed by atoms with van der Waals surface area (Å²) in [6.45, 7) is 0.563. The Morgan fingerprint density at radius 2 is 1.15 bits per heavy atom. The number of carbonyl (C=O) groups is 1. The van der Waals surface area contributed by atoms with Gasteiger partial charge in [0.15, 0.2) is 17.5 Å². The third-order valence-corrected chi connectivity index (χ3v) is 5.34. The molecule has 2 aromatic rings. The fraction of sp³-hybridized carbons (Fsp3) is 0.190. The molecular weight excluding hydrogens is 444 g/mol. The van der Waals surface area contributed by atoms with Crippen LogP contribution in [0.25, 0.3) is 0 Å². The van der Waals surface area contributed by atoms with E-state index in [9.17, 15) is 25.6 Å². The highest BCUT2D eigenvalue weighted by atomic mass is 16.5. The van der Waals surface area contributed by atoms with Gasteiger partial charge in [0.05, 0.1) is 26.2 Å². The Morgan fingerprint density at radius 3 is 1.53 bits per heavy atom. The lowest BCUT2D eigenvalue weighted by atomic mass is 9.98. The number of nitrogens with one attached hydrogen (secondary N) is 2. The van der Waals surface area contributed by atoms with Gasteiger partial charge in [0, 0.05) is 22.5 Å². The largest absolute Gasteiger partial charge is 0.409 e. The maximum absolute atomic E-state index is 13.8. The predicted molar refractivity (Wildman–Crippen MR) is 124 cm³/mol. The summed E-state index contributed by atoms with van der Waals surface area (Å²) < 4.78 is 0. The second-order valence-corrected chi connectivity index (χ2v) is 7.45. The first-order chi connectivity index (χ1) is 16.6. The average molecular weight is 466 g/mol. The Morgan fingerprint density at radius 1 is 0.735 bits per heavy atom. The number of anilines is 2. The summed E-state index contributed by atoms with van der Waals surface area (Å²) in [6, 6.07) is 13.9. The van der Waals surface area contributed by atoms with Crippen LogP contribution in [-0.4, -0.2) is 76.1 Å². The summed E-state index contributed by atoms with van der Waals surface area (Å²) in [5.41, 5.74) is 5.83. The standard InChI is InChI=1S/C21H22N8O5/c30-21(13-5-1-3-7-15(13)28-9-17(24-31)22-18(10-28)25-32)14-6-2-4-8-16(14)29-11-19(26-33)23-20(12-29)27-34/h1-8,31-34H,9-12H2,(H,22,24,25)(H,23,26,27). The number of carbonyl (C=O) groups excluding carboxylic acids is 1. The number of hydrogen-bond donors (Lipinski definition) is 6. The van der Waals surface area contributed by atoms with Crippen molar-refractivity contribution in [3.8, 4) is 0 Å². The molecule has 0 saturated heterocycles. The van der Waals surface area contributed by atoms with Gasteiger partial charge in [-0.2, -0.15) is 0 Å². The molecule has 0 unspecified atom stereocenters. The van der Waals surface area contributed by atoms with Crippen LogP contribution < -0.4 is 20.8 Å². The van der Waals surface area contributed by atoms with E-state index in [1.165, 1.54) is 0 Å².